The molecule has 112 valence electrons. The Kier molecular flexibility index (Phi) is 3.86. The SMILES string of the molecule is Cc1cc(C(F)(F)F)ccc1C(=O)C(F)(F)C(F)(F)F. The van der Waals surface area contributed by atoms with Crippen LogP contribution >= 0.6 is 0 Å². The van der Waals surface area contributed by atoms with Gasteiger partial charge < -0.3 is 0 Å². The van der Waals surface area contributed by atoms with Crippen LogP contribution in [0.25, 0.3) is 0 Å². The lowest BCUT2D eigenvalue weighted by atomic mass is 9.98. The maximum atomic E-state index is 12.8. The van der Waals surface area contributed by atoms with Crippen molar-refractivity contribution >= 4 is 5.78 Å². The van der Waals surface area contributed by atoms with Crippen LogP contribution in [0.2, 0.25) is 0 Å². The van der Waals surface area contributed by atoms with Crippen LogP contribution in [0.3, 0.4) is 0 Å². The third kappa shape index (κ3) is 2.91. The Bertz CT molecular complexity index is 526. The molecular formula is C11H6F8O. The first-order chi connectivity index (χ1) is 8.78. The van der Waals surface area contributed by atoms with E-state index in [0.29, 0.717) is 12.1 Å². The zero-order valence-corrected chi connectivity index (χ0v) is 9.66. The largest absolute Gasteiger partial charge is 0.461 e. The van der Waals surface area contributed by atoms with Gasteiger partial charge in [0.05, 0.1) is 5.56 Å². The van der Waals surface area contributed by atoms with Gasteiger partial charge >= 0.3 is 18.3 Å². The molecule has 0 spiro atoms. The second-order valence-corrected chi connectivity index (χ2v) is 3.93. The van der Waals surface area contributed by atoms with Gasteiger partial charge in [0.25, 0.3) is 0 Å². The Hall–Kier alpha value is -1.67. The Labute approximate surface area is 107 Å². The van der Waals surface area contributed by atoms with E-state index in [1.54, 1.807) is 0 Å². The number of aryl methyl sites for hydroxylation is 1. The Morgan fingerprint density at radius 1 is 0.950 bits per heavy atom. The Balaban J connectivity index is 3.27. The average Bonchev–Trinajstić information content (AvgIpc) is 2.25. The van der Waals surface area contributed by atoms with Crippen molar-refractivity contribution < 1.29 is 39.9 Å². The number of hydrogen-bond donors (Lipinski definition) is 0. The van der Waals surface area contributed by atoms with E-state index in [9.17, 15) is 39.9 Å². The van der Waals surface area contributed by atoms with Gasteiger partial charge in [-0.05, 0) is 24.6 Å². The highest BCUT2D eigenvalue weighted by atomic mass is 19.4. The first-order valence-electron chi connectivity index (χ1n) is 4.95. The third-order valence-electron chi connectivity index (χ3n) is 2.44. The molecule has 0 aliphatic heterocycles. The summed E-state index contributed by atoms with van der Waals surface area (Å²) in [6.07, 6.45) is -10.9. The smallest absolute Gasteiger partial charge is 0.287 e. The van der Waals surface area contributed by atoms with Gasteiger partial charge in [-0.15, -0.1) is 0 Å². The van der Waals surface area contributed by atoms with Crippen molar-refractivity contribution in [3.05, 3.63) is 34.9 Å². The summed E-state index contributed by atoms with van der Waals surface area (Å²) in [4.78, 5) is 11.1. The highest BCUT2D eigenvalue weighted by Gasteiger charge is 2.63. The van der Waals surface area contributed by atoms with Gasteiger partial charge in [-0.25, -0.2) is 0 Å². The Morgan fingerprint density at radius 3 is 1.80 bits per heavy atom. The number of hydrogen-bond acceptors (Lipinski definition) is 1. The maximum absolute atomic E-state index is 12.8. The van der Waals surface area contributed by atoms with E-state index in [0.717, 1.165) is 6.92 Å². The van der Waals surface area contributed by atoms with E-state index < -0.39 is 40.7 Å². The van der Waals surface area contributed by atoms with Gasteiger partial charge in [0, 0.05) is 5.56 Å². The van der Waals surface area contributed by atoms with Crippen LogP contribution in [-0.4, -0.2) is 17.9 Å². The van der Waals surface area contributed by atoms with Crippen LogP contribution in [0, 0.1) is 6.92 Å². The summed E-state index contributed by atoms with van der Waals surface area (Å²) >= 11 is 0. The molecule has 1 nitrogen and oxygen atoms in total. The molecule has 1 aromatic carbocycles. The van der Waals surface area contributed by atoms with E-state index in [-0.39, 0.29) is 6.07 Å². The normalized spacial score (nSPS) is 13.4. The highest BCUT2D eigenvalue weighted by Crippen LogP contribution is 2.39. The second-order valence-electron chi connectivity index (χ2n) is 3.93. The molecule has 0 aliphatic carbocycles. The standard InChI is InChI=1S/C11H6F8O/c1-5-4-6(10(14,15)16)2-3-7(5)8(20)9(12,13)11(17,18)19/h2-4H,1H3. The van der Waals surface area contributed by atoms with Crippen LogP contribution < -0.4 is 0 Å². The lowest BCUT2D eigenvalue weighted by Gasteiger charge is -2.19. The van der Waals surface area contributed by atoms with E-state index in [2.05, 4.69) is 0 Å². The zero-order chi connectivity index (χ0) is 15.9. The van der Waals surface area contributed by atoms with Crippen molar-refractivity contribution in [3.8, 4) is 0 Å². The molecule has 0 N–H and O–H groups in total. The fraction of sp³-hybridized carbons (Fsp3) is 0.364. The molecule has 0 atom stereocenters. The number of alkyl halides is 8. The number of benzene rings is 1. The predicted molar refractivity (Wildman–Crippen MR) is 51.5 cm³/mol. The number of rotatable bonds is 2. The summed E-state index contributed by atoms with van der Waals surface area (Å²) in [5.41, 5.74) is -2.98. The second kappa shape index (κ2) is 4.71. The van der Waals surface area contributed by atoms with Gasteiger partial charge in [-0.1, -0.05) is 6.07 Å². The van der Waals surface area contributed by atoms with Crippen molar-refractivity contribution in [2.45, 2.75) is 25.2 Å². The van der Waals surface area contributed by atoms with Crippen LogP contribution in [0.5, 0.6) is 0 Å². The van der Waals surface area contributed by atoms with Crippen molar-refractivity contribution in [1.29, 1.82) is 0 Å². The molecule has 0 aliphatic rings. The molecule has 9 heteroatoms. The van der Waals surface area contributed by atoms with Gasteiger partial charge in [0.15, 0.2) is 0 Å². The van der Waals surface area contributed by atoms with Gasteiger partial charge in [-0.3, -0.25) is 4.79 Å². The minimum atomic E-state index is -6.11. The number of carbonyl (C=O) groups excluding carboxylic acids is 1. The lowest BCUT2D eigenvalue weighted by molar-refractivity contribution is -0.255. The zero-order valence-electron chi connectivity index (χ0n) is 9.66. The lowest BCUT2D eigenvalue weighted by Crippen LogP contribution is -2.44. The summed E-state index contributed by atoms with van der Waals surface area (Å²) in [6.45, 7) is 0.842. The molecule has 0 saturated heterocycles. The summed E-state index contributed by atoms with van der Waals surface area (Å²) in [5, 5.41) is 0. The predicted octanol–water partition coefficient (Wildman–Crippen LogP) is 4.39. The molecule has 0 radical (unpaired) electrons. The molecule has 0 unspecified atom stereocenters. The van der Waals surface area contributed by atoms with Crippen molar-refractivity contribution in [2.75, 3.05) is 0 Å². The molecule has 0 amide bonds. The van der Waals surface area contributed by atoms with E-state index in [4.69, 9.17) is 0 Å². The monoisotopic (exact) mass is 306 g/mol. The summed E-state index contributed by atoms with van der Waals surface area (Å²) < 4.78 is 98.6. The van der Waals surface area contributed by atoms with Crippen LogP contribution in [-0.2, 0) is 6.18 Å². The van der Waals surface area contributed by atoms with E-state index in [1.165, 1.54) is 0 Å². The highest BCUT2D eigenvalue weighted by molar-refractivity contribution is 6.03. The quantitative estimate of drug-likeness (QED) is 0.585. The van der Waals surface area contributed by atoms with E-state index in [1.807, 2.05) is 0 Å². The molecule has 0 aromatic heterocycles. The van der Waals surface area contributed by atoms with Crippen LogP contribution in [0.4, 0.5) is 35.1 Å². The molecule has 1 aromatic rings. The van der Waals surface area contributed by atoms with E-state index >= 15 is 0 Å². The van der Waals surface area contributed by atoms with Crippen molar-refractivity contribution in [2.24, 2.45) is 0 Å². The molecule has 0 bridgehead atoms. The van der Waals surface area contributed by atoms with Crippen molar-refractivity contribution in [1.82, 2.24) is 0 Å². The Morgan fingerprint density at radius 2 is 1.45 bits per heavy atom. The minimum absolute atomic E-state index is 0.271. The summed E-state index contributed by atoms with van der Waals surface area (Å²) in [5.74, 6) is -8.24. The molecule has 0 fully saturated rings. The molecule has 0 saturated carbocycles. The average molecular weight is 306 g/mol. The summed E-state index contributed by atoms with van der Waals surface area (Å²) in [7, 11) is 0. The van der Waals surface area contributed by atoms with Gasteiger partial charge in [0.1, 0.15) is 0 Å². The van der Waals surface area contributed by atoms with Gasteiger partial charge in [0.2, 0.25) is 5.78 Å². The van der Waals surface area contributed by atoms with Gasteiger partial charge in [-0.2, -0.15) is 35.1 Å². The first-order valence-corrected chi connectivity index (χ1v) is 4.95. The molecular weight excluding hydrogens is 300 g/mol. The third-order valence-corrected chi connectivity index (χ3v) is 2.44. The number of ketones is 1. The number of halogens is 8. The first kappa shape index (κ1) is 16.4. The van der Waals surface area contributed by atoms with Crippen LogP contribution in [0.1, 0.15) is 21.5 Å². The maximum Gasteiger partial charge on any atom is 0.461 e. The fourth-order valence-corrected chi connectivity index (χ4v) is 1.39. The number of carbonyl (C=O) groups is 1. The fourth-order valence-electron chi connectivity index (χ4n) is 1.39. The minimum Gasteiger partial charge on any atom is -0.287 e. The molecule has 1 rings (SSSR count). The molecule has 0 heterocycles. The number of Topliss-reactive ketones (excluding diaryl/α,β-unsaturated/α-hetero) is 1. The van der Waals surface area contributed by atoms with Crippen LogP contribution in [0.15, 0.2) is 18.2 Å². The summed E-state index contributed by atoms with van der Waals surface area (Å²) in [6, 6.07) is 0.909. The topological polar surface area (TPSA) is 17.1 Å². The molecule has 20 heavy (non-hydrogen) atoms. The van der Waals surface area contributed by atoms with Crippen molar-refractivity contribution in [3.63, 3.8) is 0 Å².